The molecule has 0 bridgehead atoms. The molecule has 6 nitrogen and oxygen atoms in total. The van der Waals surface area contributed by atoms with Gasteiger partial charge in [-0.2, -0.15) is 0 Å². The second kappa shape index (κ2) is 7.11. The van der Waals surface area contributed by atoms with Crippen molar-refractivity contribution in [2.24, 2.45) is 0 Å². The summed E-state index contributed by atoms with van der Waals surface area (Å²) < 4.78 is 2.19. The van der Waals surface area contributed by atoms with Crippen LogP contribution in [0.2, 0.25) is 5.02 Å². The van der Waals surface area contributed by atoms with E-state index < -0.39 is 0 Å². The molecule has 1 aliphatic carbocycles. The minimum atomic E-state index is -0.302. The van der Waals surface area contributed by atoms with Crippen LogP contribution in [-0.4, -0.2) is 30.9 Å². The van der Waals surface area contributed by atoms with E-state index in [2.05, 4.69) is 38.9 Å². The summed E-state index contributed by atoms with van der Waals surface area (Å²) in [4.78, 5) is 16.5. The van der Waals surface area contributed by atoms with Crippen LogP contribution in [0.1, 0.15) is 51.4 Å². The van der Waals surface area contributed by atoms with Gasteiger partial charge in [-0.05, 0) is 31.9 Å². The molecule has 128 valence electrons. The van der Waals surface area contributed by atoms with Crippen molar-refractivity contribution >= 4 is 35.1 Å². The van der Waals surface area contributed by atoms with E-state index in [1.54, 1.807) is 12.1 Å². The van der Waals surface area contributed by atoms with Crippen molar-refractivity contribution in [3.63, 3.8) is 0 Å². The summed E-state index contributed by atoms with van der Waals surface area (Å²) in [5.41, 5.74) is 0. The maximum Gasteiger partial charge on any atom is 0.238 e. The van der Waals surface area contributed by atoms with Crippen LogP contribution in [0.15, 0.2) is 23.5 Å². The number of amides is 1. The first-order chi connectivity index (χ1) is 11.5. The Balaban J connectivity index is 1.69. The number of rotatable bonds is 6. The van der Waals surface area contributed by atoms with Gasteiger partial charge in [0.1, 0.15) is 11.6 Å². The number of hydrogen-bond acceptors (Lipinski definition) is 5. The molecule has 0 saturated heterocycles. The Kier molecular flexibility index (Phi) is 5.10. The van der Waals surface area contributed by atoms with Crippen LogP contribution in [0.3, 0.4) is 0 Å². The van der Waals surface area contributed by atoms with Gasteiger partial charge in [0, 0.05) is 18.2 Å². The van der Waals surface area contributed by atoms with E-state index >= 15 is 0 Å². The molecule has 0 radical (unpaired) electrons. The molecule has 1 atom stereocenters. The largest absolute Gasteiger partial charge is 0.310 e. The van der Waals surface area contributed by atoms with Crippen molar-refractivity contribution in [1.82, 2.24) is 19.7 Å². The van der Waals surface area contributed by atoms with Crippen LogP contribution in [0.4, 0.5) is 5.82 Å². The summed E-state index contributed by atoms with van der Waals surface area (Å²) >= 11 is 7.23. The topological polar surface area (TPSA) is 72.7 Å². The molecule has 0 unspecified atom stereocenters. The first kappa shape index (κ1) is 17.2. The Morgan fingerprint density at radius 1 is 1.33 bits per heavy atom. The molecule has 1 N–H and O–H groups in total. The normalized spacial score (nSPS) is 15.5. The van der Waals surface area contributed by atoms with Gasteiger partial charge >= 0.3 is 0 Å². The van der Waals surface area contributed by atoms with E-state index in [0.29, 0.717) is 22.8 Å². The van der Waals surface area contributed by atoms with Gasteiger partial charge < -0.3 is 9.88 Å². The lowest BCUT2D eigenvalue weighted by Gasteiger charge is -2.14. The van der Waals surface area contributed by atoms with Crippen LogP contribution in [-0.2, 0) is 4.79 Å². The molecule has 0 spiro atoms. The summed E-state index contributed by atoms with van der Waals surface area (Å²) in [5, 5.41) is 12.5. The number of halogens is 1. The summed E-state index contributed by atoms with van der Waals surface area (Å²) in [6.45, 7) is 6.08. The standard InChI is InChI=1S/C16H20ClN5OS/c1-9(2)14-20-21-16(22(14)12-5-6-12)24-10(3)15(23)19-13-7-4-11(17)8-18-13/h4,7-10,12H,5-6H2,1-3H3,(H,18,19,23)/t10-/m1/s1. The Morgan fingerprint density at radius 2 is 2.08 bits per heavy atom. The van der Waals surface area contributed by atoms with Crippen molar-refractivity contribution < 1.29 is 4.79 Å². The molecule has 0 aromatic carbocycles. The minimum Gasteiger partial charge on any atom is -0.310 e. The van der Waals surface area contributed by atoms with Crippen molar-refractivity contribution in [2.45, 2.75) is 56.0 Å². The second-order valence-corrected chi connectivity index (χ2v) is 7.95. The Bertz CT molecular complexity index is 727. The van der Waals surface area contributed by atoms with Gasteiger partial charge in [0.2, 0.25) is 5.91 Å². The summed E-state index contributed by atoms with van der Waals surface area (Å²) in [6, 6.07) is 3.86. The number of nitrogens with zero attached hydrogens (tertiary/aromatic N) is 4. The second-order valence-electron chi connectivity index (χ2n) is 6.21. The van der Waals surface area contributed by atoms with Crippen LogP contribution < -0.4 is 5.32 Å². The van der Waals surface area contributed by atoms with E-state index in [9.17, 15) is 4.79 Å². The van der Waals surface area contributed by atoms with Crippen LogP contribution in [0.5, 0.6) is 0 Å². The SMILES string of the molecule is CC(C)c1nnc(S[C@H](C)C(=O)Nc2ccc(Cl)cn2)n1C1CC1. The van der Waals surface area contributed by atoms with Gasteiger partial charge in [0.25, 0.3) is 0 Å². The summed E-state index contributed by atoms with van der Waals surface area (Å²) in [7, 11) is 0. The highest BCUT2D eigenvalue weighted by Crippen LogP contribution is 2.40. The Morgan fingerprint density at radius 3 is 2.67 bits per heavy atom. The predicted molar refractivity (Wildman–Crippen MR) is 95.6 cm³/mol. The third kappa shape index (κ3) is 3.89. The van der Waals surface area contributed by atoms with E-state index in [1.165, 1.54) is 18.0 Å². The molecule has 3 rings (SSSR count). The molecule has 1 fully saturated rings. The van der Waals surface area contributed by atoms with Gasteiger partial charge in [0.05, 0.1) is 10.3 Å². The van der Waals surface area contributed by atoms with Gasteiger partial charge in [0.15, 0.2) is 5.16 Å². The highest BCUT2D eigenvalue weighted by Gasteiger charge is 2.31. The number of carbonyl (C=O) groups is 1. The van der Waals surface area contributed by atoms with E-state index in [4.69, 9.17) is 11.6 Å². The van der Waals surface area contributed by atoms with E-state index in [0.717, 1.165) is 23.8 Å². The van der Waals surface area contributed by atoms with Gasteiger partial charge in [-0.15, -0.1) is 10.2 Å². The zero-order chi connectivity index (χ0) is 17.3. The lowest BCUT2D eigenvalue weighted by Crippen LogP contribution is -2.23. The highest BCUT2D eigenvalue weighted by atomic mass is 35.5. The molecule has 1 amide bonds. The molecular weight excluding hydrogens is 346 g/mol. The van der Waals surface area contributed by atoms with Crippen molar-refractivity contribution in [3.05, 3.63) is 29.2 Å². The lowest BCUT2D eigenvalue weighted by atomic mass is 10.2. The molecule has 2 aromatic rings. The smallest absolute Gasteiger partial charge is 0.238 e. The fraction of sp³-hybridized carbons (Fsp3) is 0.500. The number of aromatic nitrogens is 4. The fourth-order valence-electron chi connectivity index (χ4n) is 2.33. The number of pyridine rings is 1. The molecule has 1 aliphatic rings. The Labute approximate surface area is 150 Å². The van der Waals surface area contributed by atoms with Gasteiger partial charge in [-0.25, -0.2) is 4.98 Å². The molecular formula is C16H20ClN5OS. The maximum atomic E-state index is 12.4. The molecule has 1 saturated carbocycles. The van der Waals surface area contributed by atoms with Crippen LogP contribution in [0, 0.1) is 0 Å². The van der Waals surface area contributed by atoms with Gasteiger partial charge in [-0.3, -0.25) is 4.79 Å². The number of anilines is 1. The van der Waals surface area contributed by atoms with Gasteiger partial charge in [-0.1, -0.05) is 37.2 Å². The molecule has 8 heteroatoms. The fourth-order valence-corrected chi connectivity index (χ4v) is 3.37. The zero-order valence-electron chi connectivity index (χ0n) is 13.9. The maximum absolute atomic E-state index is 12.4. The van der Waals surface area contributed by atoms with Crippen LogP contribution >= 0.6 is 23.4 Å². The first-order valence-corrected chi connectivity index (χ1v) is 9.25. The van der Waals surface area contributed by atoms with Crippen molar-refractivity contribution in [2.75, 3.05) is 5.32 Å². The van der Waals surface area contributed by atoms with Crippen molar-refractivity contribution in [3.8, 4) is 0 Å². The van der Waals surface area contributed by atoms with Crippen LogP contribution in [0.25, 0.3) is 0 Å². The molecule has 2 heterocycles. The Hall–Kier alpha value is -1.60. The first-order valence-electron chi connectivity index (χ1n) is 7.99. The molecule has 0 aliphatic heterocycles. The van der Waals surface area contributed by atoms with E-state index in [-0.39, 0.29) is 11.2 Å². The lowest BCUT2D eigenvalue weighted by molar-refractivity contribution is -0.115. The average molecular weight is 366 g/mol. The molecule has 24 heavy (non-hydrogen) atoms. The monoisotopic (exact) mass is 365 g/mol. The highest BCUT2D eigenvalue weighted by molar-refractivity contribution is 8.00. The number of hydrogen-bond donors (Lipinski definition) is 1. The predicted octanol–water partition coefficient (Wildman–Crippen LogP) is 3.90. The summed E-state index contributed by atoms with van der Waals surface area (Å²) in [5.74, 6) is 1.68. The van der Waals surface area contributed by atoms with E-state index in [1.807, 2.05) is 6.92 Å². The van der Waals surface area contributed by atoms with Crippen molar-refractivity contribution in [1.29, 1.82) is 0 Å². The minimum absolute atomic E-state index is 0.119. The third-order valence-corrected chi connectivity index (χ3v) is 5.03. The zero-order valence-corrected chi connectivity index (χ0v) is 15.4. The third-order valence-electron chi connectivity index (χ3n) is 3.75. The molecule has 2 aromatic heterocycles. The quantitative estimate of drug-likeness (QED) is 0.786. The number of nitrogens with one attached hydrogen (secondary N) is 1. The number of thioether (sulfide) groups is 1. The average Bonchev–Trinajstić information content (AvgIpc) is 3.29. The summed E-state index contributed by atoms with van der Waals surface area (Å²) in [6.07, 6.45) is 3.81. The number of carbonyl (C=O) groups excluding carboxylic acids is 1.